The van der Waals surface area contributed by atoms with E-state index in [1.54, 1.807) is 0 Å². The van der Waals surface area contributed by atoms with Gasteiger partial charge in [0.1, 0.15) is 6.04 Å². The Kier molecular flexibility index (Phi) is 5.04. The van der Waals surface area contributed by atoms with Crippen LogP contribution in [0, 0.1) is 6.92 Å². The van der Waals surface area contributed by atoms with Crippen LogP contribution < -0.4 is 5.32 Å². The Morgan fingerprint density at radius 1 is 1.36 bits per heavy atom. The van der Waals surface area contributed by atoms with E-state index in [1.165, 1.54) is 13.8 Å². The summed E-state index contributed by atoms with van der Waals surface area (Å²) < 4.78 is 39.5. The third-order valence-electron chi connectivity index (χ3n) is 4.04. The van der Waals surface area contributed by atoms with Gasteiger partial charge in [-0.15, -0.1) is 0 Å². The number of carbonyl (C=O) groups is 1. The normalized spacial score (nSPS) is 18.3. The molecular weight excluding hydrogens is 319 g/mol. The van der Waals surface area contributed by atoms with Crippen molar-refractivity contribution in [2.24, 2.45) is 0 Å². The average Bonchev–Trinajstić information content (AvgIpc) is 2.75. The number of halogens is 4. The monoisotopic (exact) mass is 337 g/mol. The summed E-state index contributed by atoms with van der Waals surface area (Å²) in [6.45, 7) is 2.95. The number of carbonyl (C=O) groups excluding carboxylic acids is 1. The fourth-order valence-corrected chi connectivity index (χ4v) is 2.97. The Hall–Kier alpha value is -1.24. The molecule has 1 unspecified atom stereocenters. The highest BCUT2D eigenvalue weighted by molar-refractivity contribution is 6.32. The van der Waals surface area contributed by atoms with Crippen molar-refractivity contribution >= 4 is 17.5 Å². The number of amides is 1. The van der Waals surface area contributed by atoms with E-state index in [1.807, 2.05) is 0 Å². The molecule has 1 heterocycles. The van der Waals surface area contributed by atoms with Gasteiger partial charge in [0, 0.05) is 6.04 Å². The third kappa shape index (κ3) is 3.56. The SMILES string of the molecule is Cc1c(Cl)c(C(F)(F)F)nn1C(C)C(=O)NC1CCCCC1. The fourth-order valence-electron chi connectivity index (χ4n) is 2.74. The largest absolute Gasteiger partial charge is 0.436 e. The second-order valence-electron chi connectivity index (χ2n) is 5.71. The van der Waals surface area contributed by atoms with Crippen molar-refractivity contribution < 1.29 is 18.0 Å². The van der Waals surface area contributed by atoms with Crippen molar-refractivity contribution in [3.63, 3.8) is 0 Å². The fraction of sp³-hybridized carbons (Fsp3) is 0.714. The summed E-state index contributed by atoms with van der Waals surface area (Å²) in [5.41, 5.74) is -1.01. The number of nitrogens with zero attached hydrogens (tertiary/aromatic N) is 2. The first kappa shape index (κ1) is 17.1. The molecule has 0 bridgehead atoms. The molecule has 1 aliphatic carbocycles. The highest BCUT2D eigenvalue weighted by Crippen LogP contribution is 2.36. The summed E-state index contributed by atoms with van der Waals surface area (Å²) in [6.07, 6.45) is 0.460. The molecule has 0 aliphatic heterocycles. The predicted octanol–water partition coefficient (Wildman–Crippen LogP) is 3.87. The minimum Gasteiger partial charge on any atom is -0.352 e. The highest BCUT2D eigenvalue weighted by atomic mass is 35.5. The molecule has 1 atom stereocenters. The number of nitrogens with one attached hydrogen (secondary N) is 1. The predicted molar refractivity (Wildman–Crippen MR) is 76.7 cm³/mol. The van der Waals surface area contributed by atoms with Crippen molar-refractivity contribution in [1.29, 1.82) is 0 Å². The van der Waals surface area contributed by atoms with Gasteiger partial charge in [0.05, 0.1) is 10.7 Å². The van der Waals surface area contributed by atoms with E-state index in [2.05, 4.69) is 10.4 Å². The zero-order valence-electron chi connectivity index (χ0n) is 12.5. The molecule has 0 spiro atoms. The number of alkyl halides is 3. The number of aromatic nitrogens is 2. The van der Waals surface area contributed by atoms with Crippen LogP contribution in [0.25, 0.3) is 0 Å². The Bertz CT molecular complexity index is 550. The number of rotatable bonds is 3. The Balaban J connectivity index is 2.15. The standard InChI is InChI=1S/C14H19ClF3N3O/c1-8-11(15)12(14(16,17)18)20-21(8)9(2)13(22)19-10-6-4-3-5-7-10/h9-10H,3-7H2,1-2H3,(H,19,22). The lowest BCUT2D eigenvalue weighted by molar-refractivity contribution is -0.141. The van der Waals surface area contributed by atoms with Crippen LogP contribution >= 0.6 is 11.6 Å². The van der Waals surface area contributed by atoms with E-state index >= 15 is 0 Å². The summed E-state index contributed by atoms with van der Waals surface area (Å²) in [5, 5.41) is 5.93. The van der Waals surface area contributed by atoms with Gasteiger partial charge in [-0.1, -0.05) is 30.9 Å². The molecule has 4 nitrogen and oxygen atoms in total. The van der Waals surface area contributed by atoms with Crippen LogP contribution in [0.2, 0.25) is 5.02 Å². The molecule has 2 rings (SSSR count). The molecule has 22 heavy (non-hydrogen) atoms. The van der Waals surface area contributed by atoms with Crippen LogP contribution in [0.15, 0.2) is 0 Å². The van der Waals surface area contributed by atoms with Gasteiger partial charge in [-0.05, 0) is 26.7 Å². The summed E-state index contributed by atoms with van der Waals surface area (Å²) in [7, 11) is 0. The molecule has 1 fully saturated rings. The molecule has 1 N–H and O–H groups in total. The number of hydrogen-bond acceptors (Lipinski definition) is 2. The lowest BCUT2D eigenvalue weighted by Crippen LogP contribution is -2.40. The third-order valence-corrected chi connectivity index (χ3v) is 4.50. The molecule has 0 aromatic carbocycles. The number of hydrogen-bond donors (Lipinski definition) is 1. The van der Waals surface area contributed by atoms with Gasteiger partial charge in [-0.25, -0.2) is 0 Å². The van der Waals surface area contributed by atoms with E-state index in [0.717, 1.165) is 36.8 Å². The molecule has 0 radical (unpaired) electrons. The van der Waals surface area contributed by atoms with Crippen molar-refractivity contribution in [2.75, 3.05) is 0 Å². The summed E-state index contributed by atoms with van der Waals surface area (Å²) in [5.74, 6) is -0.331. The zero-order valence-corrected chi connectivity index (χ0v) is 13.3. The molecule has 8 heteroatoms. The van der Waals surface area contributed by atoms with Gasteiger partial charge < -0.3 is 5.32 Å². The topological polar surface area (TPSA) is 46.9 Å². The van der Waals surface area contributed by atoms with Crippen molar-refractivity contribution in [2.45, 2.75) is 64.2 Å². The van der Waals surface area contributed by atoms with Gasteiger partial charge in [0.2, 0.25) is 5.91 Å². The second-order valence-corrected chi connectivity index (χ2v) is 6.09. The van der Waals surface area contributed by atoms with Crippen LogP contribution in [0.4, 0.5) is 13.2 Å². The average molecular weight is 338 g/mol. The smallest absolute Gasteiger partial charge is 0.352 e. The molecule has 1 amide bonds. The van der Waals surface area contributed by atoms with Gasteiger partial charge in [-0.3, -0.25) is 9.48 Å². The Morgan fingerprint density at radius 2 is 1.95 bits per heavy atom. The highest BCUT2D eigenvalue weighted by Gasteiger charge is 2.39. The van der Waals surface area contributed by atoms with Crippen molar-refractivity contribution in [1.82, 2.24) is 15.1 Å². The van der Waals surface area contributed by atoms with Crippen LogP contribution in [-0.2, 0) is 11.0 Å². The lowest BCUT2D eigenvalue weighted by Gasteiger charge is -2.24. The van der Waals surface area contributed by atoms with E-state index < -0.39 is 22.9 Å². The maximum Gasteiger partial charge on any atom is 0.436 e. The lowest BCUT2D eigenvalue weighted by atomic mass is 9.95. The maximum atomic E-state index is 12.8. The van der Waals surface area contributed by atoms with Gasteiger partial charge in [0.25, 0.3) is 0 Å². The Labute approximate surface area is 132 Å². The first-order valence-electron chi connectivity index (χ1n) is 7.34. The molecule has 1 aromatic rings. The quantitative estimate of drug-likeness (QED) is 0.910. The van der Waals surface area contributed by atoms with Crippen LogP contribution in [0.5, 0.6) is 0 Å². The molecule has 1 aliphatic rings. The summed E-state index contributed by atoms with van der Waals surface area (Å²) in [6, 6.07) is -0.743. The van der Waals surface area contributed by atoms with Gasteiger partial charge in [0.15, 0.2) is 5.69 Å². The minimum absolute atomic E-state index is 0.0946. The van der Waals surface area contributed by atoms with Gasteiger partial charge >= 0.3 is 6.18 Å². The maximum absolute atomic E-state index is 12.8. The van der Waals surface area contributed by atoms with Gasteiger partial charge in [-0.2, -0.15) is 18.3 Å². The van der Waals surface area contributed by atoms with E-state index in [-0.39, 0.29) is 17.6 Å². The minimum atomic E-state index is -4.63. The van der Waals surface area contributed by atoms with Crippen LogP contribution in [-0.4, -0.2) is 21.7 Å². The second kappa shape index (κ2) is 6.48. The molecule has 1 aromatic heterocycles. The first-order valence-corrected chi connectivity index (χ1v) is 7.71. The van der Waals surface area contributed by atoms with E-state index in [4.69, 9.17) is 11.6 Å². The molecular formula is C14H19ClF3N3O. The first-order chi connectivity index (χ1) is 10.2. The molecule has 0 saturated heterocycles. The van der Waals surface area contributed by atoms with Crippen molar-refractivity contribution in [3.8, 4) is 0 Å². The van der Waals surface area contributed by atoms with Crippen LogP contribution in [0.1, 0.15) is 56.5 Å². The summed E-state index contributed by atoms with van der Waals surface area (Å²) in [4.78, 5) is 12.2. The summed E-state index contributed by atoms with van der Waals surface area (Å²) >= 11 is 5.70. The molecule has 1 saturated carbocycles. The van der Waals surface area contributed by atoms with E-state index in [0.29, 0.717) is 0 Å². The zero-order chi connectivity index (χ0) is 16.5. The van der Waals surface area contributed by atoms with E-state index in [9.17, 15) is 18.0 Å². The van der Waals surface area contributed by atoms with Crippen LogP contribution in [0.3, 0.4) is 0 Å². The Morgan fingerprint density at radius 3 is 2.45 bits per heavy atom. The van der Waals surface area contributed by atoms with Crippen molar-refractivity contribution in [3.05, 3.63) is 16.4 Å². The molecule has 124 valence electrons.